The van der Waals surface area contributed by atoms with Crippen molar-refractivity contribution in [1.82, 2.24) is 0 Å². The summed E-state index contributed by atoms with van der Waals surface area (Å²) in [6.07, 6.45) is 2.18. The van der Waals surface area contributed by atoms with Gasteiger partial charge in [-0.2, -0.15) is 0 Å². The number of nitrogens with one attached hydrogen (secondary N) is 1. The molecule has 0 aliphatic heterocycles. The van der Waals surface area contributed by atoms with Crippen LogP contribution in [0.2, 0.25) is 0 Å². The number of primary sulfonamides is 1. The number of hydrogen-bond acceptors (Lipinski definition) is 3. The molecule has 0 aromatic heterocycles. The maximum Gasteiger partial charge on any atom is 0.213 e. The van der Waals surface area contributed by atoms with Crippen LogP contribution in [0.3, 0.4) is 0 Å². The molecule has 110 valence electrons. The van der Waals surface area contributed by atoms with Crippen LogP contribution in [-0.4, -0.2) is 8.42 Å². The van der Waals surface area contributed by atoms with Crippen molar-refractivity contribution in [3.05, 3.63) is 65.2 Å². The molecule has 0 spiro atoms. The van der Waals surface area contributed by atoms with Gasteiger partial charge in [0.1, 0.15) is 0 Å². The van der Waals surface area contributed by atoms with E-state index in [0.717, 1.165) is 18.5 Å². The normalized spacial score (nSPS) is 17.5. The van der Waals surface area contributed by atoms with E-state index < -0.39 is 10.0 Å². The van der Waals surface area contributed by atoms with Crippen LogP contribution in [0.25, 0.3) is 0 Å². The van der Waals surface area contributed by atoms with E-state index in [1.165, 1.54) is 11.1 Å². The van der Waals surface area contributed by atoms with Gasteiger partial charge in [0.05, 0.1) is 11.8 Å². The van der Waals surface area contributed by atoms with Crippen molar-refractivity contribution in [2.24, 2.45) is 5.14 Å². The zero-order chi connectivity index (χ0) is 14.9. The Morgan fingerprint density at radius 3 is 2.52 bits per heavy atom. The minimum Gasteiger partial charge on any atom is -0.378 e. The molecule has 2 aromatic rings. The maximum atomic E-state index is 11.1. The molecule has 4 nitrogen and oxygen atoms in total. The summed E-state index contributed by atoms with van der Waals surface area (Å²) in [4.78, 5) is 0. The van der Waals surface area contributed by atoms with E-state index in [2.05, 4.69) is 29.6 Å². The van der Waals surface area contributed by atoms with E-state index in [4.69, 9.17) is 5.14 Å². The van der Waals surface area contributed by atoms with Crippen molar-refractivity contribution in [3.63, 3.8) is 0 Å². The number of sulfonamides is 1. The van der Waals surface area contributed by atoms with Crippen LogP contribution >= 0.6 is 0 Å². The molecule has 1 aliphatic carbocycles. The molecule has 1 atom stereocenters. The smallest absolute Gasteiger partial charge is 0.213 e. The number of nitrogens with two attached hydrogens (primary N) is 1. The summed E-state index contributed by atoms with van der Waals surface area (Å²) in [5, 5.41) is 8.55. The first-order valence-corrected chi connectivity index (χ1v) is 8.66. The van der Waals surface area contributed by atoms with Crippen LogP contribution in [0.1, 0.15) is 29.2 Å². The lowest BCUT2D eigenvalue weighted by atomic mass is 10.1. The highest BCUT2D eigenvalue weighted by Crippen LogP contribution is 2.33. The lowest BCUT2D eigenvalue weighted by Crippen LogP contribution is -2.14. The fourth-order valence-corrected chi connectivity index (χ4v) is 3.49. The number of aryl methyl sites for hydroxylation is 1. The summed E-state index contributed by atoms with van der Waals surface area (Å²) in [6.45, 7) is 0. The first-order chi connectivity index (χ1) is 10.0. The number of hydrogen-bond donors (Lipinski definition) is 2. The first kappa shape index (κ1) is 14.1. The van der Waals surface area contributed by atoms with Crippen molar-refractivity contribution in [1.29, 1.82) is 0 Å². The zero-order valence-electron chi connectivity index (χ0n) is 11.6. The third-order valence-electron chi connectivity index (χ3n) is 3.80. The Kier molecular flexibility index (Phi) is 3.69. The molecule has 0 saturated carbocycles. The van der Waals surface area contributed by atoms with Gasteiger partial charge in [-0.1, -0.05) is 36.4 Å². The molecule has 0 amide bonds. The van der Waals surface area contributed by atoms with Gasteiger partial charge in [0.2, 0.25) is 10.0 Å². The predicted octanol–water partition coefficient (Wildman–Crippen LogP) is 2.57. The van der Waals surface area contributed by atoms with Gasteiger partial charge < -0.3 is 5.32 Å². The Morgan fingerprint density at radius 2 is 1.81 bits per heavy atom. The molecular formula is C16H18N2O2S. The van der Waals surface area contributed by atoms with Gasteiger partial charge in [0.25, 0.3) is 0 Å². The number of fused-ring (bicyclic) bond motifs is 1. The van der Waals surface area contributed by atoms with Crippen LogP contribution < -0.4 is 10.5 Å². The van der Waals surface area contributed by atoms with E-state index in [1.54, 1.807) is 12.1 Å². The van der Waals surface area contributed by atoms with Crippen LogP contribution in [0.15, 0.2) is 48.5 Å². The first-order valence-electron chi connectivity index (χ1n) is 6.95. The minimum atomic E-state index is -3.47. The zero-order valence-corrected chi connectivity index (χ0v) is 12.4. The van der Waals surface area contributed by atoms with Gasteiger partial charge in [0, 0.05) is 5.69 Å². The monoisotopic (exact) mass is 302 g/mol. The van der Waals surface area contributed by atoms with Crippen LogP contribution in [-0.2, 0) is 22.2 Å². The van der Waals surface area contributed by atoms with Gasteiger partial charge >= 0.3 is 0 Å². The molecule has 5 heteroatoms. The second-order valence-electron chi connectivity index (χ2n) is 5.44. The molecule has 2 aromatic carbocycles. The Bertz CT molecular complexity index is 739. The highest BCUT2D eigenvalue weighted by Gasteiger charge is 2.21. The van der Waals surface area contributed by atoms with Gasteiger partial charge in [0.15, 0.2) is 0 Å². The average Bonchev–Trinajstić information content (AvgIpc) is 2.83. The number of benzene rings is 2. The van der Waals surface area contributed by atoms with Gasteiger partial charge in [-0.3, -0.25) is 0 Å². The van der Waals surface area contributed by atoms with Crippen molar-refractivity contribution < 1.29 is 8.42 Å². The van der Waals surface area contributed by atoms with Gasteiger partial charge in [-0.05, 0) is 41.7 Å². The van der Waals surface area contributed by atoms with Gasteiger partial charge in [-0.15, -0.1) is 0 Å². The molecule has 1 aliphatic rings. The molecule has 0 heterocycles. The SMILES string of the molecule is NS(=O)(=O)Cc1ccc(NC2CCc3ccccc32)cc1. The molecular weight excluding hydrogens is 284 g/mol. The van der Waals surface area contributed by atoms with E-state index in [-0.39, 0.29) is 5.75 Å². The Balaban J connectivity index is 1.72. The summed E-state index contributed by atoms with van der Waals surface area (Å²) in [5.74, 6) is -0.125. The van der Waals surface area contributed by atoms with Crippen LogP contribution in [0.5, 0.6) is 0 Å². The largest absolute Gasteiger partial charge is 0.378 e. The minimum absolute atomic E-state index is 0.125. The van der Waals surface area contributed by atoms with Crippen molar-refractivity contribution in [2.45, 2.75) is 24.6 Å². The number of rotatable bonds is 4. The predicted molar refractivity (Wildman–Crippen MR) is 84.4 cm³/mol. The fourth-order valence-electron chi connectivity index (χ4n) is 2.84. The molecule has 0 bridgehead atoms. The van der Waals surface area contributed by atoms with E-state index in [1.807, 2.05) is 12.1 Å². The molecule has 1 unspecified atom stereocenters. The van der Waals surface area contributed by atoms with E-state index in [9.17, 15) is 8.42 Å². The molecule has 0 radical (unpaired) electrons. The Morgan fingerprint density at radius 1 is 1.10 bits per heavy atom. The third kappa shape index (κ3) is 3.43. The van der Waals surface area contributed by atoms with Gasteiger partial charge in [-0.25, -0.2) is 13.6 Å². The molecule has 3 N–H and O–H groups in total. The molecule has 3 rings (SSSR count). The molecule has 0 fully saturated rings. The van der Waals surface area contributed by atoms with Crippen molar-refractivity contribution in [3.8, 4) is 0 Å². The molecule has 0 saturated heterocycles. The maximum absolute atomic E-state index is 11.1. The Labute approximate surface area is 125 Å². The second-order valence-corrected chi connectivity index (χ2v) is 7.05. The lowest BCUT2D eigenvalue weighted by Gasteiger charge is -2.15. The van der Waals surface area contributed by atoms with Crippen LogP contribution in [0.4, 0.5) is 5.69 Å². The summed E-state index contributed by atoms with van der Waals surface area (Å²) < 4.78 is 22.1. The molecule has 21 heavy (non-hydrogen) atoms. The summed E-state index contributed by atoms with van der Waals surface area (Å²) in [6, 6.07) is 16.2. The van der Waals surface area contributed by atoms with E-state index in [0.29, 0.717) is 11.6 Å². The van der Waals surface area contributed by atoms with Crippen molar-refractivity contribution in [2.75, 3.05) is 5.32 Å². The third-order valence-corrected chi connectivity index (χ3v) is 4.53. The summed E-state index contributed by atoms with van der Waals surface area (Å²) >= 11 is 0. The highest BCUT2D eigenvalue weighted by molar-refractivity contribution is 7.88. The highest BCUT2D eigenvalue weighted by atomic mass is 32.2. The average molecular weight is 302 g/mol. The van der Waals surface area contributed by atoms with Crippen LogP contribution in [0, 0.1) is 0 Å². The Hall–Kier alpha value is -1.85. The van der Waals surface area contributed by atoms with Crippen molar-refractivity contribution >= 4 is 15.7 Å². The quantitative estimate of drug-likeness (QED) is 0.911. The topological polar surface area (TPSA) is 72.2 Å². The summed E-state index contributed by atoms with van der Waals surface area (Å²) in [7, 11) is -3.47. The standard InChI is InChI=1S/C16H18N2O2S/c17-21(19,20)11-12-5-8-14(9-6-12)18-16-10-7-13-3-1-2-4-15(13)16/h1-6,8-9,16,18H,7,10-11H2,(H2,17,19,20). The fraction of sp³-hybridized carbons (Fsp3) is 0.250. The second kappa shape index (κ2) is 5.50. The summed E-state index contributed by atoms with van der Waals surface area (Å²) in [5.41, 5.74) is 4.46. The van der Waals surface area contributed by atoms with E-state index >= 15 is 0 Å². The lowest BCUT2D eigenvalue weighted by molar-refractivity contribution is 0.597. The number of anilines is 1.